The van der Waals surface area contributed by atoms with E-state index < -0.39 is 0 Å². The van der Waals surface area contributed by atoms with Crippen molar-refractivity contribution < 1.29 is 4.79 Å². The molecule has 148 valence electrons. The fourth-order valence-electron chi connectivity index (χ4n) is 2.98. The van der Waals surface area contributed by atoms with Crippen LogP contribution in [0, 0.1) is 0 Å². The van der Waals surface area contributed by atoms with E-state index in [1.54, 1.807) is 29.5 Å². The highest BCUT2D eigenvalue weighted by Gasteiger charge is 2.17. The van der Waals surface area contributed by atoms with E-state index in [1.165, 1.54) is 16.5 Å². The smallest absolute Gasteiger partial charge is 0.234 e. The van der Waals surface area contributed by atoms with Crippen molar-refractivity contribution in [1.82, 2.24) is 14.8 Å². The van der Waals surface area contributed by atoms with Crippen LogP contribution in [0.5, 0.6) is 0 Å². The Bertz CT molecular complexity index is 1170. The molecule has 2 aromatic heterocycles. The molecule has 1 amide bonds. The summed E-state index contributed by atoms with van der Waals surface area (Å²) in [5, 5.41) is 16.4. The molecule has 0 atom stereocenters. The molecule has 0 bridgehead atoms. The Balaban J connectivity index is 1.50. The molecule has 2 aromatic carbocycles. The summed E-state index contributed by atoms with van der Waals surface area (Å²) in [7, 11) is 0. The number of aromatic nitrogens is 3. The summed E-state index contributed by atoms with van der Waals surface area (Å²) in [6.45, 7) is 2.75. The number of rotatable bonds is 6. The minimum Gasteiger partial charge on any atom is -0.325 e. The van der Waals surface area contributed by atoms with E-state index in [4.69, 9.17) is 23.2 Å². The van der Waals surface area contributed by atoms with Crippen LogP contribution >= 0.6 is 46.3 Å². The third-order valence-corrected chi connectivity index (χ3v) is 6.60. The number of halogens is 2. The summed E-state index contributed by atoms with van der Waals surface area (Å²) in [5.74, 6) is 0.850. The number of thioether (sulfide) groups is 1. The monoisotopic (exact) mass is 462 g/mol. The van der Waals surface area contributed by atoms with E-state index in [1.807, 2.05) is 23.6 Å². The highest BCUT2D eigenvalue weighted by Crippen LogP contribution is 2.34. The molecule has 0 aliphatic heterocycles. The van der Waals surface area contributed by atoms with Gasteiger partial charge in [0, 0.05) is 43.3 Å². The molecule has 0 saturated heterocycles. The lowest BCUT2D eigenvalue weighted by Crippen LogP contribution is -2.14. The SMILES string of the molecule is CCn1c(SCC(=O)Nc2cc(Cl)cc(Cl)c2)nnc1-c1csc2ccccc12. The van der Waals surface area contributed by atoms with Gasteiger partial charge in [-0.3, -0.25) is 4.79 Å². The zero-order valence-corrected chi connectivity index (χ0v) is 18.5. The first-order valence-corrected chi connectivity index (χ1v) is 11.5. The van der Waals surface area contributed by atoms with Gasteiger partial charge >= 0.3 is 0 Å². The predicted octanol–water partition coefficient (Wildman–Crippen LogP) is 6.22. The number of amides is 1. The number of fused-ring (bicyclic) bond motifs is 1. The van der Waals surface area contributed by atoms with E-state index >= 15 is 0 Å². The van der Waals surface area contributed by atoms with E-state index in [0.717, 1.165) is 16.8 Å². The molecule has 1 N–H and O–H groups in total. The normalized spacial score (nSPS) is 11.1. The van der Waals surface area contributed by atoms with Crippen molar-refractivity contribution in [1.29, 1.82) is 0 Å². The molecule has 4 aromatic rings. The van der Waals surface area contributed by atoms with Gasteiger partial charge in [0.15, 0.2) is 11.0 Å². The lowest BCUT2D eigenvalue weighted by molar-refractivity contribution is -0.113. The third kappa shape index (κ3) is 4.43. The van der Waals surface area contributed by atoms with Gasteiger partial charge in [0.05, 0.1) is 5.75 Å². The molecule has 0 aliphatic carbocycles. The molecular weight excluding hydrogens is 447 g/mol. The topological polar surface area (TPSA) is 59.8 Å². The van der Waals surface area contributed by atoms with Gasteiger partial charge < -0.3 is 9.88 Å². The van der Waals surface area contributed by atoms with Crippen molar-refractivity contribution in [3.8, 4) is 11.4 Å². The van der Waals surface area contributed by atoms with Crippen LogP contribution in [-0.4, -0.2) is 26.4 Å². The lowest BCUT2D eigenvalue weighted by atomic mass is 10.1. The maximum absolute atomic E-state index is 12.3. The molecule has 0 aliphatic rings. The second-order valence-electron chi connectivity index (χ2n) is 6.19. The first kappa shape index (κ1) is 20.2. The Kier molecular flexibility index (Phi) is 6.10. The Labute approximate surface area is 186 Å². The summed E-state index contributed by atoms with van der Waals surface area (Å²) >= 11 is 15.0. The Morgan fingerprint density at radius 2 is 1.93 bits per heavy atom. The average Bonchev–Trinajstić information content (AvgIpc) is 3.28. The van der Waals surface area contributed by atoms with Crippen molar-refractivity contribution in [2.24, 2.45) is 0 Å². The van der Waals surface area contributed by atoms with Gasteiger partial charge in [0.25, 0.3) is 0 Å². The van der Waals surface area contributed by atoms with Crippen molar-refractivity contribution in [3.05, 3.63) is 57.9 Å². The van der Waals surface area contributed by atoms with Crippen LogP contribution in [0.4, 0.5) is 5.69 Å². The minimum atomic E-state index is -0.165. The van der Waals surface area contributed by atoms with Crippen LogP contribution in [0.3, 0.4) is 0 Å². The number of thiophene rings is 1. The van der Waals surface area contributed by atoms with Gasteiger partial charge in [0.2, 0.25) is 5.91 Å². The standard InChI is InChI=1S/C20H16Cl2N4OS2/c1-2-26-19(16-10-28-17-6-4-3-5-15(16)17)24-25-20(26)29-11-18(27)23-14-8-12(21)7-13(22)9-14/h3-10H,2,11H2,1H3,(H,23,27). The third-order valence-electron chi connectivity index (χ3n) is 4.23. The maximum atomic E-state index is 12.3. The van der Waals surface area contributed by atoms with Crippen molar-refractivity contribution in [2.45, 2.75) is 18.6 Å². The van der Waals surface area contributed by atoms with Crippen LogP contribution < -0.4 is 5.32 Å². The van der Waals surface area contributed by atoms with Crippen molar-refractivity contribution in [3.63, 3.8) is 0 Å². The molecule has 0 radical (unpaired) electrons. The van der Waals surface area contributed by atoms with Crippen LogP contribution in [0.15, 0.2) is 53.0 Å². The van der Waals surface area contributed by atoms with Gasteiger partial charge in [-0.15, -0.1) is 21.5 Å². The molecule has 9 heteroatoms. The van der Waals surface area contributed by atoms with Gasteiger partial charge in [0.1, 0.15) is 0 Å². The van der Waals surface area contributed by atoms with Crippen molar-refractivity contribution >= 4 is 68.0 Å². The zero-order valence-electron chi connectivity index (χ0n) is 15.4. The van der Waals surface area contributed by atoms with E-state index in [9.17, 15) is 4.79 Å². The molecule has 0 unspecified atom stereocenters. The number of anilines is 1. The summed E-state index contributed by atoms with van der Waals surface area (Å²) in [5.41, 5.74) is 1.63. The van der Waals surface area contributed by atoms with E-state index in [2.05, 4.69) is 33.0 Å². The van der Waals surface area contributed by atoms with Gasteiger partial charge in [-0.05, 0) is 31.2 Å². The second-order valence-corrected chi connectivity index (χ2v) is 8.92. The maximum Gasteiger partial charge on any atom is 0.234 e. The Morgan fingerprint density at radius 1 is 1.17 bits per heavy atom. The Hall–Kier alpha value is -2.06. The first-order valence-electron chi connectivity index (χ1n) is 8.83. The van der Waals surface area contributed by atoms with E-state index in [0.29, 0.717) is 27.4 Å². The Morgan fingerprint density at radius 3 is 2.69 bits per heavy atom. The molecule has 0 fully saturated rings. The summed E-state index contributed by atoms with van der Waals surface area (Å²) in [4.78, 5) is 12.3. The first-order chi connectivity index (χ1) is 14.0. The summed E-state index contributed by atoms with van der Waals surface area (Å²) < 4.78 is 3.24. The number of nitrogens with one attached hydrogen (secondary N) is 1. The van der Waals surface area contributed by atoms with E-state index in [-0.39, 0.29) is 11.7 Å². The molecular formula is C20H16Cl2N4OS2. The number of hydrogen-bond acceptors (Lipinski definition) is 5. The number of carbonyl (C=O) groups is 1. The number of carbonyl (C=O) groups excluding carboxylic acids is 1. The van der Waals surface area contributed by atoms with Gasteiger partial charge in [-0.1, -0.05) is 53.2 Å². The van der Waals surface area contributed by atoms with Crippen LogP contribution in [0.1, 0.15) is 6.92 Å². The molecule has 0 spiro atoms. The fraction of sp³-hybridized carbons (Fsp3) is 0.150. The number of nitrogens with zero attached hydrogens (tertiary/aromatic N) is 3. The van der Waals surface area contributed by atoms with Gasteiger partial charge in [-0.2, -0.15) is 0 Å². The highest BCUT2D eigenvalue weighted by atomic mass is 35.5. The lowest BCUT2D eigenvalue weighted by Gasteiger charge is -2.08. The average molecular weight is 463 g/mol. The molecule has 29 heavy (non-hydrogen) atoms. The quantitative estimate of drug-likeness (QED) is 0.345. The summed E-state index contributed by atoms with van der Waals surface area (Å²) in [6.07, 6.45) is 0. The summed E-state index contributed by atoms with van der Waals surface area (Å²) in [6, 6.07) is 13.2. The van der Waals surface area contributed by atoms with Crippen LogP contribution in [0.2, 0.25) is 10.0 Å². The second kappa shape index (κ2) is 8.75. The van der Waals surface area contributed by atoms with Crippen molar-refractivity contribution in [2.75, 3.05) is 11.1 Å². The highest BCUT2D eigenvalue weighted by molar-refractivity contribution is 7.99. The minimum absolute atomic E-state index is 0.165. The largest absolute Gasteiger partial charge is 0.325 e. The van der Waals surface area contributed by atoms with Crippen LogP contribution in [-0.2, 0) is 11.3 Å². The molecule has 5 nitrogen and oxygen atoms in total. The van der Waals surface area contributed by atoms with Gasteiger partial charge in [-0.25, -0.2) is 0 Å². The molecule has 2 heterocycles. The van der Waals surface area contributed by atoms with Crippen LogP contribution in [0.25, 0.3) is 21.5 Å². The molecule has 4 rings (SSSR count). The molecule has 0 saturated carbocycles. The zero-order chi connectivity index (χ0) is 20.4. The number of hydrogen-bond donors (Lipinski definition) is 1. The fourth-order valence-corrected chi connectivity index (χ4v) is 5.25. The number of benzene rings is 2. The predicted molar refractivity (Wildman–Crippen MR) is 122 cm³/mol.